The van der Waals surface area contributed by atoms with Crippen LogP contribution in [0.2, 0.25) is 0 Å². The largest absolute Gasteiger partial charge is 0.340 e. The van der Waals surface area contributed by atoms with Crippen LogP contribution < -0.4 is 16.6 Å². The lowest BCUT2D eigenvalue weighted by atomic mass is 10.5. The van der Waals surface area contributed by atoms with E-state index in [-0.39, 0.29) is 6.54 Å². The smallest absolute Gasteiger partial charge is 0.323 e. The van der Waals surface area contributed by atoms with Crippen LogP contribution in [0.5, 0.6) is 0 Å². The summed E-state index contributed by atoms with van der Waals surface area (Å²) >= 11 is 0. The Morgan fingerprint density at radius 2 is 2.21 bits per heavy atom. The van der Waals surface area contributed by atoms with E-state index in [2.05, 4.69) is 20.0 Å². The first-order valence-corrected chi connectivity index (χ1v) is 3.71. The average Bonchev–Trinajstić information content (AvgIpc) is 2.59. The van der Waals surface area contributed by atoms with Gasteiger partial charge in [0.15, 0.2) is 5.82 Å². The van der Waals surface area contributed by atoms with E-state index >= 15 is 0 Å². The highest BCUT2D eigenvalue weighted by atomic mass is 16.5. The molecule has 0 aliphatic rings. The molecule has 14 heavy (non-hydrogen) atoms. The zero-order chi connectivity index (χ0) is 10.6. The number of aryl methyl sites for hydroxylation is 1. The van der Waals surface area contributed by atoms with E-state index in [0.717, 1.165) is 0 Å². The first-order chi connectivity index (χ1) is 6.63. The molecule has 1 heterocycles. The number of hydrogen-bond donors (Lipinski definition) is 3. The first-order valence-electron chi connectivity index (χ1n) is 3.71. The van der Waals surface area contributed by atoms with Gasteiger partial charge in [-0.3, -0.25) is 15.0 Å². The van der Waals surface area contributed by atoms with Crippen LogP contribution in [0.1, 0.15) is 11.7 Å². The van der Waals surface area contributed by atoms with E-state index in [1.54, 1.807) is 12.3 Å². The second-order valence-electron chi connectivity index (χ2n) is 2.39. The fourth-order valence-electron chi connectivity index (χ4n) is 0.718. The molecule has 1 aromatic rings. The fourth-order valence-corrected chi connectivity index (χ4v) is 0.718. The van der Waals surface area contributed by atoms with E-state index in [9.17, 15) is 9.59 Å². The maximum atomic E-state index is 10.9. The van der Waals surface area contributed by atoms with Crippen molar-refractivity contribution in [2.24, 2.45) is 5.84 Å². The highest BCUT2D eigenvalue weighted by molar-refractivity contribution is 6.34. The van der Waals surface area contributed by atoms with Gasteiger partial charge in [0, 0.05) is 6.92 Å². The second kappa shape index (κ2) is 4.33. The van der Waals surface area contributed by atoms with Crippen molar-refractivity contribution >= 4 is 11.8 Å². The molecule has 2 amide bonds. The van der Waals surface area contributed by atoms with E-state index in [1.807, 2.05) is 0 Å². The number of nitrogens with one attached hydrogen (secondary N) is 2. The van der Waals surface area contributed by atoms with Crippen LogP contribution in [0.25, 0.3) is 0 Å². The third kappa shape index (κ3) is 2.52. The monoisotopic (exact) mass is 199 g/mol. The minimum atomic E-state index is -0.926. The van der Waals surface area contributed by atoms with Gasteiger partial charge in [0.25, 0.3) is 0 Å². The van der Waals surface area contributed by atoms with Crippen molar-refractivity contribution in [2.75, 3.05) is 0 Å². The van der Waals surface area contributed by atoms with Crippen molar-refractivity contribution in [3.63, 3.8) is 0 Å². The number of carbonyl (C=O) groups is 2. The SMILES string of the molecule is Cc1nc(CNC(=O)C(=O)NN)no1. The zero-order valence-electron chi connectivity index (χ0n) is 7.40. The van der Waals surface area contributed by atoms with Gasteiger partial charge in [-0.2, -0.15) is 4.98 Å². The molecule has 4 N–H and O–H groups in total. The van der Waals surface area contributed by atoms with Gasteiger partial charge < -0.3 is 9.84 Å². The van der Waals surface area contributed by atoms with Crippen molar-refractivity contribution in [1.82, 2.24) is 20.9 Å². The van der Waals surface area contributed by atoms with Crippen LogP contribution in [0.15, 0.2) is 4.52 Å². The second-order valence-corrected chi connectivity index (χ2v) is 2.39. The van der Waals surface area contributed by atoms with Gasteiger partial charge in [0.1, 0.15) is 0 Å². The van der Waals surface area contributed by atoms with E-state index in [4.69, 9.17) is 5.84 Å². The Labute approximate surface area is 78.8 Å². The van der Waals surface area contributed by atoms with Crippen LogP contribution >= 0.6 is 0 Å². The Bertz CT molecular complexity index is 347. The number of carbonyl (C=O) groups excluding carboxylic acids is 2. The fraction of sp³-hybridized carbons (Fsp3) is 0.333. The third-order valence-electron chi connectivity index (χ3n) is 1.31. The quantitative estimate of drug-likeness (QED) is 0.219. The molecule has 8 heteroatoms. The Hall–Kier alpha value is -1.96. The average molecular weight is 199 g/mol. The lowest BCUT2D eigenvalue weighted by Crippen LogP contribution is -2.42. The molecule has 0 saturated heterocycles. The summed E-state index contributed by atoms with van der Waals surface area (Å²) in [5.41, 5.74) is 1.69. The molecular formula is C6H9N5O3. The molecule has 0 radical (unpaired) electrons. The zero-order valence-corrected chi connectivity index (χ0v) is 7.40. The van der Waals surface area contributed by atoms with E-state index in [1.165, 1.54) is 0 Å². The van der Waals surface area contributed by atoms with Crippen LogP contribution in [-0.4, -0.2) is 22.0 Å². The maximum absolute atomic E-state index is 10.9. The molecule has 1 rings (SSSR count). The minimum Gasteiger partial charge on any atom is -0.340 e. The Morgan fingerprint density at radius 3 is 2.71 bits per heavy atom. The van der Waals surface area contributed by atoms with Crippen molar-refractivity contribution in [3.05, 3.63) is 11.7 Å². The molecular weight excluding hydrogens is 190 g/mol. The van der Waals surface area contributed by atoms with Gasteiger partial charge in [0.05, 0.1) is 6.54 Å². The number of rotatable bonds is 2. The highest BCUT2D eigenvalue weighted by Gasteiger charge is 2.12. The van der Waals surface area contributed by atoms with Gasteiger partial charge in [-0.05, 0) is 0 Å². The van der Waals surface area contributed by atoms with Crippen LogP contribution in [-0.2, 0) is 16.1 Å². The number of hydrogen-bond acceptors (Lipinski definition) is 6. The molecule has 0 atom stereocenters. The highest BCUT2D eigenvalue weighted by Crippen LogP contribution is 1.93. The standard InChI is InChI=1S/C6H9N5O3/c1-3-9-4(11-14-3)2-8-5(12)6(13)10-7/h2,7H2,1H3,(H,8,12)(H,10,13). The summed E-state index contributed by atoms with van der Waals surface area (Å²) in [5, 5.41) is 5.76. The van der Waals surface area contributed by atoms with Gasteiger partial charge in [-0.1, -0.05) is 5.16 Å². The Kier molecular flexibility index (Phi) is 3.13. The van der Waals surface area contributed by atoms with Crippen LogP contribution in [0, 0.1) is 6.92 Å². The molecule has 0 aliphatic carbocycles. The summed E-state index contributed by atoms with van der Waals surface area (Å²) in [7, 11) is 0. The van der Waals surface area contributed by atoms with Crippen LogP contribution in [0.4, 0.5) is 0 Å². The predicted octanol–water partition coefficient (Wildman–Crippen LogP) is -2.02. The topological polar surface area (TPSA) is 123 Å². The number of nitrogens with two attached hydrogens (primary N) is 1. The molecule has 76 valence electrons. The lowest BCUT2D eigenvalue weighted by molar-refractivity contribution is -0.139. The summed E-state index contributed by atoms with van der Waals surface area (Å²) in [6.45, 7) is 1.63. The van der Waals surface area contributed by atoms with Crippen molar-refractivity contribution < 1.29 is 14.1 Å². The predicted molar refractivity (Wildman–Crippen MR) is 43.2 cm³/mol. The van der Waals surface area contributed by atoms with Crippen molar-refractivity contribution in [1.29, 1.82) is 0 Å². The van der Waals surface area contributed by atoms with Crippen molar-refractivity contribution in [3.8, 4) is 0 Å². The van der Waals surface area contributed by atoms with Gasteiger partial charge in [-0.25, -0.2) is 5.84 Å². The molecule has 0 bridgehead atoms. The third-order valence-corrected chi connectivity index (χ3v) is 1.31. The minimum absolute atomic E-state index is 0.0175. The number of hydrazine groups is 1. The summed E-state index contributed by atoms with van der Waals surface area (Å²) in [5.74, 6) is 3.64. The molecule has 0 saturated carbocycles. The summed E-state index contributed by atoms with van der Waals surface area (Å²) in [4.78, 5) is 25.3. The number of amides is 2. The van der Waals surface area contributed by atoms with Gasteiger partial charge in [-0.15, -0.1) is 0 Å². The molecule has 8 nitrogen and oxygen atoms in total. The molecule has 0 unspecified atom stereocenters. The van der Waals surface area contributed by atoms with Gasteiger partial charge >= 0.3 is 11.8 Å². The molecule has 0 spiro atoms. The van der Waals surface area contributed by atoms with E-state index < -0.39 is 11.8 Å². The normalized spacial score (nSPS) is 9.57. The number of nitrogens with zero attached hydrogens (tertiary/aromatic N) is 2. The maximum Gasteiger partial charge on any atom is 0.323 e. The number of aromatic nitrogens is 2. The Balaban J connectivity index is 2.41. The molecule has 0 aliphatic heterocycles. The molecule has 0 fully saturated rings. The Morgan fingerprint density at radius 1 is 1.50 bits per heavy atom. The van der Waals surface area contributed by atoms with Gasteiger partial charge in [0.2, 0.25) is 5.89 Å². The summed E-state index contributed by atoms with van der Waals surface area (Å²) in [6.07, 6.45) is 0. The summed E-state index contributed by atoms with van der Waals surface area (Å²) < 4.78 is 4.65. The summed E-state index contributed by atoms with van der Waals surface area (Å²) in [6, 6.07) is 0. The lowest BCUT2D eigenvalue weighted by Gasteiger charge is -1.99. The molecule has 1 aromatic heterocycles. The first kappa shape index (κ1) is 10.1. The van der Waals surface area contributed by atoms with Crippen molar-refractivity contribution in [2.45, 2.75) is 13.5 Å². The van der Waals surface area contributed by atoms with E-state index in [0.29, 0.717) is 11.7 Å². The van der Waals surface area contributed by atoms with Crippen LogP contribution in [0.3, 0.4) is 0 Å². The molecule has 0 aromatic carbocycles.